The third-order valence-electron chi connectivity index (χ3n) is 2.83. The lowest BCUT2D eigenvalue weighted by Crippen LogP contribution is -2.35. The van der Waals surface area contributed by atoms with E-state index in [1.807, 2.05) is 38.1 Å². The fourth-order valence-corrected chi connectivity index (χ4v) is 1.86. The molecule has 1 nitrogen and oxygen atoms in total. The molecule has 0 saturated carbocycles. The van der Waals surface area contributed by atoms with Crippen LogP contribution in [0, 0.1) is 6.92 Å². The number of alkyl halides is 1. The van der Waals surface area contributed by atoms with Crippen LogP contribution in [0.3, 0.4) is 0 Å². The molecule has 0 radical (unpaired) electrons. The Balaban J connectivity index is 2.79. The number of halogens is 1. The molecule has 2 heteroatoms. The second-order valence-electron chi connectivity index (χ2n) is 4.21. The summed E-state index contributed by atoms with van der Waals surface area (Å²) in [5.74, 6) is 0. The van der Waals surface area contributed by atoms with Crippen molar-refractivity contribution in [3.05, 3.63) is 35.4 Å². The van der Waals surface area contributed by atoms with Crippen LogP contribution >= 0.6 is 0 Å². The first-order valence-corrected chi connectivity index (χ1v) is 5.55. The van der Waals surface area contributed by atoms with Crippen LogP contribution in [-0.2, 0) is 6.42 Å². The van der Waals surface area contributed by atoms with Crippen LogP contribution in [0.1, 0.15) is 30.9 Å². The largest absolute Gasteiger partial charge is 0.328 e. The number of rotatable bonds is 5. The van der Waals surface area contributed by atoms with Gasteiger partial charge in [0.05, 0.1) is 0 Å². The number of hydrogen-bond donors (Lipinski definition) is 1. The van der Waals surface area contributed by atoms with Gasteiger partial charge in [0.15, 0.2) is 0 Å². The zero-order valence-corrected chi connectivity index (χ0v) is 9.59. The van der Waals surface area contributed by atoms with E-state index in [1.54, 1.807) is 0 Å². The lowest BCUT2D eigenvalue weighted by atomic mass is 9.90. The second-order valence-corrected chi connectivity index (χ2v) is 4.21. The van der Waals surface area contributed by atoms with Gasteiger partial charge in [0.1, 0.15) is 5.67 Å². The fraction of sp³-hybridized carbons (Fsp3) is 0.538. The summed E-state index contributed by atoms with van der Waals surface area (Å²) < 4.78 is 14.3. The summed E-state index contributed by atoms with van der Waals surface area (Å²) in [5, 5.41) is 0. The average molecular weight is 209 g/mol. The van der Waals surface area contributed by atoms with Crippen molar-refractivity contribution in [3.63, 3.8) is 0 Å². The Morgan fingerprint density at radius 1 is 1.33 bits per heavy atom. The molecule has 0 saturated heterocycles. The Labute approximate surface area is 91.5 Å². The number of hydrogen-bond acceptors (Lipinski definition) is 1. The van der Waals surface area contributed by atoms with Crippen LogP contribution in [0.15, 0.2) is 24.3 Å². The van der Waals surface area contributed by atoms with Gasteiger partial charge in [-0.15, -0.1) is 0 Å². The molecule has 0 aromatic heterocycles. The van der Waals surface area contributed by atoms with Gasteiger partial charge >= 0.3 is 0 Å². The molecule has 1 aromatic carbocycles. The van der Waals surface area contributed by atoms with Crippen molar-refractivity contribution in [2.24, 2.45) is 5.73 Å². The first-order valence-electron chi connectivity index (χ1n) is 5.55. The molecule has 1 aromatic rings. The Morgan fingerprint density at radius 3 is 2.53 bits per heavy atom. The van der Waals surface area contributed by atoms with Crippen LogP contribution in [-0.4, -0.2) is 12.2 Å². The van der Waals surface area contributed by atoms with E-state index in [9.17, 15) is 4.39 Å². The van der Waals surface area contributed by atoms with Crippen molar-refractivity contribution in [2.45, 2.75) is 38.8 Å². The van der Waals surface area contributed by atoms with Crippen molar-refractivity contribution in [2.75, 3.05) is 6.54 Å². The van der Waals surface area contributed by atoms with Crippen molar-refractivity contribution < 1.29 is 4.39 Å². The molecule has 15 heavy (non-hydrogen) atoms. The highest BCUT2D eigenvalue weighted by molar-refractivity contribution is 5.27. The zero-order chi connectivity index (χ0) is 11.3. The molecule has 0 aliphatic heterocycles. The van der Waals surface area contributed by atoms with Gasteiger partial charge in [-0.25, -0.2) is 4.39 Å². The van der Waals surface area contributed by atoms with E-state index < -0.39 is 5.67 Å². The maximum Gasteiger partial charge on any atom is 0.127 e. The molecule has 0 heterocycles. The zero-order valence-electron chi connectivity index (χ0n) is 9.59. The summed E-state index contributed by atoms with van der Waals surface area (Å²) in [6.45, 7) is 4.11. The maximum atomic E-state index is 14.3. The smallest absolute Gasteiger partial charge is 0.127 e. The molecule has 0 spiro atoms. The molecule has 0 bridgehead atoms. The summed E-state index contributed by atoms with van der Waals surface area (Å²) in [4.78, 5) is 0. The summed E-state index contributed by atoms with van der Waals surface area (Å²) in [6, 6.07) is 7.92. The minimum Gasteiger partial charge on any atom is -0.328 e. The van der Waals surface area contributed by atoms with Gasteiger partial charge in [-0.2, -0.15) is 0 Å². The topological polar surface area (TPSA) is 26.0 Å². The van der Waals surface area contributed by atoms with Crippen molar-refractivity contribution in [1.82, 2.24) is 0 Å². The molecular weight excluding hydrogens is 189 g/mol. The number of aryl methyl sites for hydroxylation is 1. The van der Waals surface area contributed by atoms with E-state index in [2.05, 4.69) is 0 Å². The van der Waals surface area contributed by atoms with Crippen LogP contribution in [0.5, 0.6) is 0 Å². The highest BCUT2D eigenvalue weighted by Gasteiger charge is 2.27. The van der Waals surface area contributed by atoms with E-state index in [1.165, 1.54) is 0 Å². The van der Waals surface area contributed by atoms with Gasteiger partial charge in [-0.1, -0.05) is 37.6 Å². The molecular formula is C13H20FN. The predicted molar refractivity (Wildman–Crippen MR) is 62.7 cm³/mol. The molecule has 1 rings (SSSR count). The van der Waals surface area contributed by atoms with Gasteiger partial charge in [-0.05, 0) is 24.5 Å². The van der Waals surface area contributed by atoms with Gasteiger partial charge in [0.2, 0.25) is 0 Å². The van der Waals surface area contributed by atoms with Gasteiger partial charge in [0, 0.05) is 13.0 Å². The molecule has 0 fully saturated rings. The molecule has 1 atom stereocenters. The van der Waals surface area contributed by atoms with Crippen LogP contribution in [0.4, 0.5) is 4.39 Å². The van der Waals surface area contributed by atoms with Crippen molar-refractivity contribution in [1.29, 1.82) is 0 Å². The summed E-state index contributed by atoms with van der Waals surface area (Å²) >= 11 is 0. The van der Waals surface area contributed by atoms with Gasteiger partial charge < -0.3 is 5.73 Å². The Hall–Kier alpha value is -0.890. The highest BCUT2D eigenvalue weighted by atomic mass is 19.1. The average Bonchev–Trinajstić information content (AvgIpc) is 2.22. The Kier molecular flexibility index (Phi) is 4.28. The van der Waals surface area contributed by atoms with Crippen molar-refractivity contribution >= 4 is 0 Å². The Bertz CT molecular complexity index is 311. The van der Waals surface area contributed by atoms with Gasteiger partial charge in [-0.3, -0.25) is 0 Å². The maximum absolute atomic E-state index is 14.3. The normalized spacial score (nSPS) is 14.9. The fourth-order valence-electron chi connectivity index (χ4n) is 1.86. The highest BCUT2D eigenvalue weighted by Crippen LogP contribution is 2.24. The first kappa shape index (κ1) is 12.2. The van der Waals surface area contributed by atoms with E-state index in [4.69, 9.17) is 5.73 Å². The number of nitrogens with two attached hydrogens (primary N) is 1. The lowest BCUT2D eigenvalue weighted by Gasteiger charge is -2.23. The predicted octanol–water partition coefficient (Wildman–Crippen LogP) is 3.00. The SMILES string of the molecule is CCCC(F)(CN)Cc1ccccc1C. The first-order chi connectivity index (χ1) is 7.11. The quantitative estimate of drug-likeness (QED) is 0.792. The summed E-state index contributed by atoms with van der Waals surface area (Å²) in [7, 11) is 0. The van der Waals surface area contributed by atoms with E-state index in [-0.39, 0.29) is 6.54 Å². The minimum absolute atomic E-state index is 0.106. The molecule has 0 amide bonds. The van der Waals surface area contributed by atoms with Crippen LogP contribution < -0.4 is 5.73 Å². The van der Waals surface area contributed by atoms with E-state index >= 15 is 0 Å². The van der Waals surface area contributed by atoms with Crippen LogP contribution in [0.2, 0.25) is 0 Å². The number of benzene rings is 1. The van der Waals surface area contributed by atoms with E-state index in [0.29, 0.717) is 12.8 Å². The summed E-state index contributed by atoms with van der Waals surface area (Å²) in [5.41, 5.74) is 6.49. The van der Waals surface area contributed by atoms with Crippen LogP contribution in [0.25, 0.3) is 0 Å². The monoisotopic (exact) mass is 209 g/mol. The third kappa shape index (κ3) is 3.31. The summed E-state index contributed by atoms with van der Waals surface area (Å²) in [6.07, 6.45) is 1.81. The van der Waals surface area contributed by atoms with Crippen molar-refractivity contribution in [3.8, 4) is 0 Å². The van der Waals surface area contributed by atoms with Gasteiger partial charge in [0.25, 0.3) is 0 Å². The molecule has 0 aliphatic carbocycles. The minimum atomic E-state index is -1.24. The third-order valence-corrected chi connectivity index (χ3v) is 2.83. The molecule has 0 aliphatic rings. The lowest BCUT2D eigenvalue weighted by molar-refractivity contribution is 0.158. The second kappa shape index (κ2) is 5.26. The molecule has 2 N–H and O–H groups in total. The molecule has 1 unspecified atom stereocenters. The van der Waals surface area contributed by atoms with E-state index in [0.717, 1.165) is 17.5 Å². The standard InChI is InChI=1S/C13H20FN/c1-3-8-13(14,10-15)9-12-7-5-4-6-11(12)2/h4-7H,3,8-10,15H2,1-2H3. The molecule has 84 valence electrons. The Morgan fingerprint density at radius 2 is 2.00 bits per heavy atom.